The molecular weight excluding hydrogens is 352 g/mol. The molecular formula is C16H11ClN2O4S. The Balaban J connectivity index is 1.88. The molecule has 1 N–H and O–H groups in total. The van der Waals surface area contributed by atoms with Crippen molar-refractivity contribution >= 4 is 50.3 Å². The van der Waals surface area contributed by atoms with Gasteiger partial charge < -0.3 is 10.1 Å². The van der Waals surface area contributed by atoms with Crippen LogP contribution >= 0.6 is 22.9 Å². The molecule has 0 bridgehead atoms. The largest absolute Gasteiger partial charge is 0.497 e. The Kier molecular flexibility index (Phi) is 4.37. The minimum atomic E-state index is -0.498. The Morgan fingerprint density at radius 1 is 1.25 bits per heavy atom. The first-order valence-electron chi connectivity index (χ1n) is 6.81. The zero-order chi connectivity index (χ0) is 17.3. The summed E-state index contributed by atoms with van der Waals surface area (Å²) in [4.78, 5) is 22.9. The van der Waals surface area contributed by atoms with E-state index >= 15 is 0 Å². The van der Waals surface area contributed by atoms with Crippen LogP contribution in [0.4, 0.5) is 11.4 Å². The topological polar surface area (TPSA) is 81.5 Å². The smallest absolute Gasteiger partial charge is 0.269 e. The lowest BCUT2D eigenvalue weighted by molar-refractivity contribution is -0.384. The molecule has 0 spiro atoms. The number of non-ortho nitro benzene ring substituents is 1. The van der Waals surface area contributed by atoms with E-state index in [0.717, 1.165) is 10.1 Å². The second kappa shape index (κ2) is 6.46. The van der Waals surface area contributed by atoms with Gasteiger partial charge in [0.1, 0.15) is 10.6 Å². The van der Waals surface area contributed by atoms with E-state index in [-0.39, 0.29) is 11.6 Å². The number of nitro groups is 1. The van der Waals surface area contributed by atoms with Crippen molar-refractivity contribution in [3.05, 3.63) is 62.5 Å². The number of fused-ring (bicyclic) bond motifs is 1. The van der Waals surface area contributed by atoms with Gasteiger partial charge in [0.05, 0.1) is 17.1 Å². The van der Waals surface area contributed by atoms with Gasteiger partial charge in [0.25, 0.3) is 11.6 Å². The summed E-state index contributed by atoms with van der Waals surface area (Å²) in [7, 11) is 1.56. The maximum absolute atomic E-state index is 12.4. The molecule has 0 radical (unpaired) electrons. The van der Waals surface area contributed by atoms with E-state index in [0.29, 0.717) is 21.3 Å². The summed E-state index contributed by atoms with van der Waals surface area (Å²) in [6.07, 6.45) is 0. The molecule has 0 saturated carbocycles. The van der Waals surface area contributed by atoms with Crippen LogP contribution in [0.5, 0.6) is 5.75 Å². The summed E-state index contributed by atoms with van der Waals surface area (Å²) in [5.74, 6) is 0.290. The number of amides is 1. The molecule has 2 aromatic carbocycles. The molecule has 0 aliphatic carbocycles. The lowest BCUT2D eigenvalue weighted by atomic mass is 10.2. The Morgan fingerprint density at radius 2 is 1.96 bits per heavy atom. The Bertz CT molecular complexity index is 937. The fourth-order valence-corrected chi connectivity index (χ4v) is 3.56. The number of nitrogens with one attached hydrogen (secondary N) is 1. The fraction of sp³-hybridized carbons (Fsp3) is 0.0625. The number of halogens is 1. The van der Waals surface area contributed by atoms with Crippen molar-refractivity contribution in [1.29, 1.82) is 0 Å². The number of thiophene rings is 1. The molecule has 0 atom stereocenters. The first kappa shape index (κ1) is 16.2. The molecule has 0 aliphatic heterocycles. The van der Waals surface area contributed by atoms with Gasteiger partial charge in [0.15, 0.2) is 0 Å². The Morgan fingerprint density at radius 3 is 2.58 bits per heavy atom. The van der Waals surface area contributed by atoms with Crippen molar-refractivity contribution in [1.82, 2.24) is 0 Å². The predicted molar refractivity (Wildman–Crippen MR) is 94.4 cm³/mol. The van der Waals surface area contributed by atoms with Gasteiger partial charge in [-0.15, -0.1) is 11.3 Å². The van der Waals surface area contributed by atoms with Gasteiger partial charge in [-0.25, -0.2) is 0 Å². The average Bonchev–Trinajstić information content (AvgIpc) is 2.91. The van der Waals surface area contributed by atoms with Crippen LogP contribution in [0.15, 0.2) is 42.5 Å². The third-order valence-electron chi connectivity index (χ3n) is 3.38. The van der Waals surface area contributed by atoms with Crippen LogP contribution in [-0.2, 0) is 0 Å². The molecule has 1 amide bonds. The second-order valence-electron chi connectivity index (χ2n) is 4.87. The van der Waals surface area contributed by atoms with Crippen molar-refractivity contribution in [2.45, 2.75) is 0 Å². The highest BCUT2D eigenvalue weighted by Crippen LogP contribution is 2.37. The van der Waals surface area contributed by atoms with Gasteiger partial charge in [-0.1, -0.05) is 11.6 Å². The number of methoxy groups -OCH3 is 1. The normalized spacial score (nSPS) is 10.6. The summed E-state index contributed by atoms with van der Waals surface area (Å²) in [5, 5.41) is 14.4. The number of carbonyl (C=O) groups excluding carboxylic acids is 1. The van der Waals surface area contributed by atoms with Gasteiger partial charge in [-0.3, -0.25) is 14.9 Å². The average molecular weight is 363 g/mol. The quantitative estimate of drug-likeness (QED) is 0.537. The lowest BCUT2D eigenvalue weighted by Gasteiger charge is -2.03. The molecule has 0 fully saturated rings. The van der Waals surface area contributed by atoms with Gasteiger partial charge in [-0.05, 0) is 30.3 Å². The number of rotatable bonds is 4. The van der Waals surface area contributed by atoms with Crippen LogP contribution < -0.4 is 10.1 Å². The highest BCUT2D eigenvalue weighted by molar-refractivity contribution is 7.21. The number of hydrogen-bond donors (Lipinski definition) is 1. The number of ether oxygens (including phenoxy) is 1. The summed E-state index contributed by atoms with van der Waals surface area (Å²) in [6, 6.07) is 11.0. The summed E-state index contributed by atoms with van der Waals surface area (Å²) < 4.78 is 6.03. The number of benzene rings is 2. The van der Waals surface area contributed by atoms with Crippen LogP contribution in [-0.4, -0.2) is 17.9 Å². The first-order chi connectivity index (χ1) is 11.5. The van der Waals surface area contributed by atoms with E-state index in [1.165, 1.54) is 35.6 Å². The third-order valence-corrected chi connectivity index (χ3v) is 5.05. The van der Waals surface area contributed by atoms with Crippen LogP contribution in [0.2, 0.25) is 5.02 Å². The zero-order valence-corrected chi connectivity index (χ0v) is 14.0. The van der Waals surface area contributed by atoms with Crippen molar-refractivity contribution in [2.75, 3.05) is 12.4 Å². The molecule has 3 rings (SSSR count). The maximum Gasteiger partial charge on any atom is 0.269 e. The molecule has 122 valence electrons. The fourth-order valence-electron chi connectivity index (χ4n) is 2.17. The minimum absolute atomic E-state index is 0.0417. The van der Waals surface area contributed by atoms with Crippen LogP contribution in [0.3, 0.4) is 0 Å². The van der Waals surface area contributed by atoms with Gasteiger partial charge in [0, 0.05) is 27.9 Å². The van der Waals surface area contributed by atoms with E-state index in [1.807, 2.05) is 6.07 Å². The molecule has 1 aromatic heterocycles. The molecule has 6 nitrogen and oxygen atoms in total. The Labute approximate surface area is 145 Å². The SMILES string of the molecule is COc1ccc2sc(C(=O)Nc3ccc([N+](=O)[O-])cc3)c(Cl)c2c1. The third kappa shape index (κ3) is 3.04. The summed E-state index contributed by atoms with van der Waals surface area (Å²) >= 11 is 7.59. The maximum atomic E-state index is 12.4. The van der Waals surface area contributed by atoms with Crippen molar-refractivity contribution < 1.29 is 14.5 Å². The highest BCUT2D eigenvalue weighted by Gasteiger charge is 2.18. The number of nitrogens with zero attached hydrogens (tertiary/aromatic N) is 1. The van der Waals surface area contributed by atoms with Crippen molar-refractivity contribution in [2.24, 2.45) is 0 Å². The number of nitro benzene ring substituents is 1. The Hall–Kier alpha value is -2.64. The van der Waals surface area contributed by atoms with Gasteiger partial charge in [-0.2, -0.15) is 0 Å². The van der Waals surface area contributed by atoms with E-state index in [1.54, 1.807) is 19.2 Å². The van der Waals surface area contributed by atoms with Crippen LogP contribution in [0.1, 0.15) is 9.67 Å². The standard InChI is InChI=1S/C16H11ClN2O4S/c1-23-11-6-7-13-12(8-11)14(17)15(24-13)16(20)18-9-2-4-10(5-3-9)19(21)22/h2-8H,1H3,(H,18,20). The van der Waals surface area contributed by atoms with E-state index in [9.17, 15) is 14.9 Å². The zero-order valence-electron chi connectivity index (χ0n) is 12.4. The molecule has 0 aliphatic rings. The highest BCUT2D eigenvalue weighted by atomic mass is 35.5. The lowest BCUT2D eigenvalue weighted by Crippen LogP contribution is -2.10. The summed E-state index contributed by atoms with van der Waals surface area (Å²) in [5.41, 5.74) is 0.414. The van der Waals surface area contributed by atoms with E-state index < -0.39 is 4.92 Å². The molecule has 0 saturated heterocycles. The summed E-state index contributed by atoms with van der Waals surface area (Å²) in [6.45, 7) is 0. The molecule has 0 unspecified atom stereocenters. The van der Waals surface area contributed by atoms with E-state index in [4.69, 9.17) is 16.3 Å². The molecule has 8 heteroatoms. The number of anilines is 1. The predicted octanol–water partition coefficient (Wildman–Crippen LogP) is 4.72. The van der Waals surface area contributed by atoms with E-state index in [2.05, 4.69) is 5.32 Å². The molecule has 24 heavy (non-hydrogen) atoms. The van der Waals surface area contributed by atoms with Crippen LogP contribution in [0, 0.1) is 10.1 Å². The monoisotopic (exact) mass is 362 g/mol. The molecule has 1 heterocycles. The molecule has 3 aromatic rings. The minimum Gasteiger partial charge on any atom is -0.497 e. The van der Waals surface area contributed by atoms with Gasteiger partial charge >= 0.3 is 0 Å². The van der Waals surface area contributed by atoms with Crippen molar-refractivity contribution in [3.8, 4) is 5.75 Å². The van der Waals surface area contributed by atoms with Crippen molar-refractivity contribution in [3.63, 3.8) is 0 Å². The van der Waals surface area contributed by atoms with Crippen LogP contribution in [0.25, 0.3) is 10.1 Å². The number of carbonyl (C=O) groups is 1. The number of hydrogen-bond acceptors (Lipinski definition) is 5. The van der Waals surface area contributed by atoms with Gasteiger partial charge in [0.2, 0.25) is 0 Å². The first-order valence-corrected chi connectivity index (χ1v) is 8.01. The second-order valence-corrected chi connectivity index (χ2v) is 6.30.